The SMILES string of the molecule is Nn1nc(-c2nc3c(-c4cccnc4)cncc3[nH]2)c2cc(-c3cncc(NC(=O)N4CCOCC4)c3)cnc21. The number of morpholine rings is 1. The molecule has 2 amide bonds. The third kappa shape index (κ3) is 4.23. The van der Waals surface area contributed by atoms with Gasteiger partial charge in [-0.1, -0.05) is 6.07 Å². The summed E-state index contributed by atoms with van der Waals surface area (Å²) in [5, 5.41) is 8.15. The molecule has 0 radical (unpaired) electrons. The largest absolute Gasteiger partial charge is 0.378 e. The van der Waals surface area contributed by atoms with Crippen LogP contribution in [0.1, 0.15) is 0 Å². The Kier molecular flexibility index (Phi) is 5.74. The van der Waals surface area contributed by atoms with Gasteiger partial charge in [0, 0.05) is 66.3 Å². The van der Waals surface area contributed by atoms with Gasteiger partial charge in [0.1, 0.15) is 11.2 Å². The summed E-state index contributed by atoms with van der Waals surface area (Å²) >= 11 is 0. The van der Waals surface area contributed by atoms with Crippen molar-refractivity contribution in [3.05, 3.63) is 67.6 Å². The van der Waals surface area contributed by atoms with Gasteiger partial charge in [-0.3, -0.25) is 15.0 Å². The van der Waals surface area contributed by atoms with Gasteiger partial charge in [-0.2, -0.15) is 4.79 Å². The number of nitrogens with two attached hydrogens (primary N) is 1. The molecule has 13 nitrogen and oxygen atoms in total. The molecule has 0 atom stereocenters. The van der Waals surface area contributed by atoms with E-state index in [0.717, 1.165) is 33.3 Å². The molecule has 198 valence electrons. The summed E-state index contributed by atoms with van der Waals surface area (Å²) in [6.07, 6.45) is 12.0. The van der Waals surface area contributed by atoms with Gasteiger partial charge in [-0.15, -0.1) is 5.10 Å². The molecule has 4 N–H and O–H groups in total. The average Bonchev–Trinajstić information content (AvgIpc) is 3.59. The number of fused-ring (bicyclic) bond motifs is 2. The van der Waals surface area contributed by atoms with E-state index in [2.05, 4.69) is 35.3 Å². The van der Waals surface area contributed by atoms with Crippen LogP contribution in [0.15, 0.2) is 67.6 Å². The summed E-state index contributed by atoms with van der Waals surface area (Å²) < 4.78 is 5.33. The van der Waals surface area contributed by atoms with Gasteiger partial charge in [-0.05, 0) is 18.2 Å². The number of imidazole rings is 1. The zero-order chi connectivity index (χ0) is 27.1. The lowest BCUT2D eigenvalue weighted by molar-refractivity contribution is 0.0564. The molecule has 1 saturated heterocycles. The zero-order valence-corrected chi connectivity index (χ0v) is 21.2. The van der Waals surface area contributed by atoms with Crippen molar-refractivity contribution >= 4 is 33.8 Å². The maximum Gasteiger partial charge on any atom is 0.322 e. The highest BCUT2D eigenvalue weighted by molar-refractivity contribution is 5.97. The lowest BCUT2D eigenvalue weighted by Crippen LogP contribution is -2.43. The highest BCUT2D eigenvalue weighted by Gasteiger charge is 2.20. The Bertz CT molecular complexity index is 1860. The molecule has 0 bridgehead atoms. The van der Waals surface area contributed by atoms with Crippen molar-refractivity contribution in [1.29, 1.82) is 0 Å². The first-order valence-corrected chi connectivity index (χ1v) is 12.6. The zero-order valence-electron chi connectivity index (χ0n) is 21.2. The lowest BCUT2D eigenvalue weighted by Gasteiger charge is -2.26. The molecular weight excluding hydrogens is 510 g/mol. The molecule has 7 rings (SSSR count). The van der Waals surface area contributed by atoms with E-state index >= 15 is 0 Å². The molecule has 6 aromatic rings. The van der Waals surface area contributed by atoms with Gasteiger partial charge < -0.3 is 25.8 Å². The molecular formula is C27H23N11O2. The Morgan fingerprint density at radius 1 is 0.975 bits per heavy atom. The van der Waals surface area contributed by atoms with Gasteiger partial charge in [-0.25, -0.2) is 14.8 Å². The Labute approximate surface area is 227 Å². The molecule has 1 fully saturated rings. The minimum atomic E-state index is -0.187. The third-order valence-electron chi connectivity index (χ3n) is 6.76. The number of nitrogen functional groups attached to an aromatic ring is 1. The van der Waals surface area contributed by atoms with Crippen molar-refractivity contribution in [3.63, 3.8) is 0 Å². The number of aromatic amines is 1. The van der Waals surface area contributed by atoms with Crippen LogP contribution in [0, 0.1) is 0 Å². The molecule has 13 heteroatoms. The van der Waals surface area contributed by atoms with Crippen LogP contribution >= 0.6 is 0 Å². The average molecular weight is 534 g/mol. The number of H-pyrrole nitrogens is 1. The van der Waals surface area contributed by atoms with Crippen molar-refractivity contribution in [2.24, 2.45) is 0 Å². The number of pyridine rings is 4. The predicted octanol–water partition coefficient (Wildman–Crippen LogP) is 3.07. The first-order chi connectivity index (χ1) is 19.6. The maximum atomic E-state index is 12.7. The minimum absolute atomic E-state index is 0.187. The van der Waals surface area contributed by atoms with E-state index in [1.165, 1.54) is 4.79 Å². The molecule has 1 aliphatic rings. The minimum Gasteiger partial charge on any atom is -0.378 e. The first-order valence-electron chi connectivity index (χ1n) is 12.6. The molecule has 0 saturated carbocycles. The Balaban J connectivity index is 1.25. The number of hydrogen-bond acceptors (Lipinski definition) is 9. The molecule has 0 aliphatic carbocycles. The van der Waals surface area contributed by atoms with E-state index in [9.17, 15) is 4.79 Å². The summed E-state index contributed by atoms with van der Waals surface area (Å²) in [6.45, 7) is 2.15. The number of hydrogen-bond donors (Lipinski definition) is 3. The molecule has 0 spiro atoms. The van der Waals surface area contributed by atoms with E-state index in [1.807, 2.05) is 24.3 Å². The maximum absolute atomic E-state index is 12.7. The van der Waals surface area contributed by atoms with Crippen LogP contribution in [0.2, 0.25) is 0 Å². The number of ether oxygens (including phenoxy) is 1. The Hall–Kier alpha value is -5.43. The molecule has 40 heavy (non-hydrogen) atoms. The van der Waals surface area contributed by atoms with Crippen LogP contribution in [0.25, 0.3) is 55.8 Å². The van der Waals surface area contributed by atoms with Crippen molar-refractivity contribution in [2.45, 2.75) is 0 Å². The van der Waals surface area contributed by atoms with E-state index in [0.29, 0.717) is 54.5 Å². The summed E-state index contributed by atoms with van der Waals surface area (Å²) in [7, 11) is 0. The van der Waals surface area contributed by atoms with E-state index in [1.54, 1.807) is 48.3 Å². The molecule has 1 aliphatic heterocycles. The van der Waals surface area contributed by atoms with Gasteiger partial charge in [0.15, 0.2) is 11.5 Å². The number of urea groups is 1. The number of rotatable bonds is 4. The van der Waals surface area contributed by atoms with Gasteiger partial charge in [0.05, 0.1) is 42.2 Å². The van der Waals surface area contributed by atoms with Crippen molar-refractivity contribution in [1.82, 2.24) is 44.7 Å². The first kappa shape index (κ1) is 23.7. The van der Waals surface area contributed by atoms with Crippen molar-refractivity contribution in [2.75, 3.05) is 37.5 Å². The van der Waals surface area contributed by atoms with Crippen LogP contribution in [-0.4, -0.2) is 77.0 Å². The van der Waals surface area contributed by atoms with Gasteiger partial charge >= 0.3 is 6.03 Å². The summed E-state index contributed by atoms with van der Waals surface area (Å²) in [5.74, 6) is 6.71. The van der Waals surface area contributed by atoms with E-state index in [4.69, 9.17) is 15.6 Å². The number of carbonyl (C=O) groups excluding carboxylic acids is 1. The van der Waals surface area contributed by atoms with Crippen molar-refractivity contribution < 1.29 is 9.53 Å². The number of amides is 2. The summed E-state index contributed by atoms with van der Waals surface area (Å²) in [4.78, 5) is 41.3. The normalized spacial score (nSPS) is 13.7. The molecule has 0 unspecified atom stereocenters. The Morgan fingerprint density at radius 3 is 2.65 bits per heavy atom. The fraction of sp³-hybridized carbons (Fsp3) is 0.148. The molecule has 7 heterocycles. The monoisotopic (exact) mass is 533 g/mol. The Morgan fingerprint density at radius 2 is 1.80 bits per heavy atom. The fourth-order valence-electron chi connectivity index (χ4n) is 4.77. The quantitative estimate of drug-likeness (QED) is 0.289. The summed E-state index contributed by atoms with van der Waals surface area (Å²) in [5.41, 5.74) is 6.44. The third-order valence-corrected chi connectivity index (χ3v) is 6.76. The second-order valence-electron chi connectivity index (χ2n) is 9.29. The molecule has 6 aromatic heterocycles. The fourth-order valence-corrected chi connectivity index (χ4v) is 4.77. The van der Waals surface area contributed by atoms with Crippen LogP contribution in [0.4, 0.5) is 10.5 Å². The smallest absolute Gasteiger partial charge is 0.322 e. The van der Waals surface area contributed by atoms with E-state index < -0.39 is 0 Å². The number of nitrogens with one attached hydrogen (secondary N) is 2. The lowest BCUT2D eigenvalue weighted by atomic mass is 10.1. The van der Waals surface area contributed by atoms with Crippen molar-refractivity contribution in [3.8, 4) is 33.8 Å². The van der Waals surface area contributed by atoms with Crippen LogP contribution in [0.3, 0.4) is 0 Å². The number of anilines is 1. The van der Waals surface area contributed by atoms with Crippen LogP contribution in [0.5, 0.6) is 0 Å². The molecule has 0 aromatic carbocycles. The van der Waals surface area contributed by atoms with Gasteiger partial charge in [0.25, 0.3) is 0 Å². The second-order valence-corrected chi connectivity index (χ2v) is 9.29. The highest BCUT2D eigenvalue weighted by atomic mass is 16.5. The van der Waals surface area contributed by atoms with Gasteiger partial charge in [0.2, 0.25) is 0 Å². The standard InChI is InChI=1S/C27H23N11O2/c28-38-26-20(24(36-38)25-34-22-15-31-14-21(23(22)35-25)16-2-1-3-29-10-16)9-18(12-32-26)17-8-19(13-30-11-17)33-27(39)37-4-6-40-7-5-37/h1-3,8-15H,4-7,28H2,(H,33,39)(H,34,35). The topological polar surface area (TPSA) is 166 Å². The van der Waals surface area contributed by atoms with E-state index in [-0.39, 0.29) is 6.03 Å². The highest BCUT2D eigenvalue weighted by Crippen LogP contribution is 2.32. The predicted molar refractivity (Wildman–Crippen MR) is 148 cm³/mol. The number of carbonyl (C=O) groups is 1. The second kappa shape index (κ2) is 9.71. The van der Waals surface area contributed by atoms with Crippen LogP contribution in [-0.2, 0) is 4.74 Å². The number of nitrogens with zero attached hydrogens (tertiary/aromatic N) is 8. The summed E-state index contributed by atoms with van der Waals surface area (Å²) in [6, 6.07) is 7.44. The number of aromatic nitrogens is 8. The van der Waals surface area contributed by atoms with Crippen LogP contribution < -0.4 is 11.2 Å².